The van der Waals surface area contributed by atoms with Crippen molar-refractivity contribution in [2.75, 3.05) is 5.73 Å². The van der Waals surface area contributed by atoms with E-state index in [1.807, 2.05) is 0 Å². The fraction of sp³-hybridized carbons (Fsp3) is 0.100. The zero-order valence-electron chi connectivity index (χ0n) is 8.66. The van der Waals surface area contributed by atoms with Crippen molar-refractivity contribution in [3.63, 3.8) is 0 Å². The second kappa shape index (κ2) is 4.66. The Kier molecular flexibility index (Phi) is 3.36. The maximum Gasteiger partial charge on any atom is 0.573 e. The third-order valence-electron chi connectivity index (χ3n) is 1.96. The van der Waals surface area contributed by atoms with Crippen molar-refractivity contribution in [3.8, 4) is 17.0 Å². The van der Waals surface area contributed by atoms with Crippen LogP contribution in [0.25, 0.3) is 11.3 Å². The summed E-state index contributed by atoms with van der Waals surface area (Å²) in [4.78, 5) is 3.99. The highest BCUT2D eigenvalue weighted by atomic mass is 35.5. The van der Waals surface area contributed by atoms with Gasteiger partial charge >= 0.3 is 6.36 Å². The zero-order valence-corrected chi connectivity index (χ0v) is 10.2. The van der Waals surface area contributed by atoms with Crippen LogP contribution in [0.2, 0.25) is 4.34 Å². The molecule has 0 atom stereocenters. The minimum atomic E-state index is -4.70. The van der Waals surface area contributed by atoms with Gasteiger partial charge in [-0.05, 0) is 24.3 Å². The number of nitrogens with zero attached hydrogens (tertiary/aromatic N) is 1. The van der Waals surface area contributed by atoms with Crippen LogP contribution in [-0.4, -0.2) is 11.3 Å². The molecule has 2 aromatic rings. The second-order valence-electron chi connectivity index (χ2n) is 3.25. The standard InChI is InChI=1S/C10H6ClF3N2OS/c11-8-7(16-9(15)18-8)5-1-3-6(4-2-5)17-10(12,13)14/h1-4H,(H2,15,16). The maximum atomic E-state index is 12.0. The lowest BCUT2D eigenvalue weighted by Gasteiger charge is -2.08. The number of nitrogen functional groups attached to an aromatic ring is 1. The molecule has 0 aliphatic carbocycles. The van der Waals surface area contributed by atoms with E-state index in [0.717, 1.165) is 11.3 Å². The summed E-state index contributed by atoms with van der Waals surface area (Å²) in [5, 5.41) is 0.297. The van der Waals surface area contributed by atoms with Gasteiger partial charge in [0.2, 0.25) is 0 Å². The summed E-state index contributed by atoms with van der Waals surface area (Å²) >= 11 is 6.99. The van der Waals surface area contributed by atoms with Crippen molar-refractivity contribution in [2.45, 2.75) is 6.36 Å². The number of anilines is 1. The fourth-order valence-corrected chi connectivity index (χ4v) is 2.28. The molecule has 2 rings (SSSR count). The van der Waals surface area contributed by atoms with Gasteiger partial charge in [-0.15, -0.1) is 13.2 Å². The average Bonchev–Trinajstić information content (AvgIpc) is 2.57. The topological polar surface area (TPSA) is 48.1 Å². The highest BCUT2D eigenvalue weighted by Crippen LogP contribution is 2.34. The monoisotopic (exact) mass is 294 g/mol. The molecule has 8 heteroatoms. The average molecular weight is 295 g/mol. The lowest BCUT2D eigenvalue weighted by atomic mass is 10.2. The Morgan fingerprint density at radius 2 is 1.83 bits per heavy atom. The Labute approximate surface area is 109 Å². The van der Waals surface area contributed by atoms with Crippen molar-refractivity contribution in [1.29, 1.82) is 0 Å². The van der Waals surface area contributed by atoms with Crippen molar-refractivity contribution in [3.05, 3.63) is 28.6 Å². The molecule has 0 radical (unpaired) electrons. The minimum absolute atomic E-state index is 0.297. The molecule has 96 valence electrons. The molecule has 18 heavy (non-hydrogen) atoms. The number of rotatable bonds is 2. The third-order valence-corrected chi connectivity index (χ3v) is 3.05. The molecule has 0 spiro atoms. The number of hydrogen-bond donors (Lipinski definition) is 1. The van der Waals surface area contributed by atoms with Crippen LogP contribution in [-0.2, 0) is 0 Å². The van der Waals surface area contributed by atoms with Gasteiger partial charge in [0.15, 0.2) is 5.13 Å². The number of benzene rings is 1. The number of alkyl halides is 3. The molecule has 0 saturated heterocycles. The number of ether oxygens (including phenoxy) is 1. The Morgan fingerprint density at radius 1 is 1.22 bits per heavy atom. The largest absolute Gasteiger partial charge is 0.573 e. The summed E-state index contributed by atoms with van der Waals surface area (Å²) in [5.74, 6) is -0.300. The summed E-state index contributed by atoms with van der Waals surface area (Å²) in [6.07, 6.45) is -4.70. The molecule has 0 fully saturated rings. The molecule has 3 nitrogen and oxygen atoms in total. The van der Waals surface area contributed by atoms with Crippen molar-refractivity contribution >= 4 is 28.1 Å². The molecular weight excluding hydrogens is 289 g/mol. The van der Waals surface area contributed by atoms with Gasteiger partial charge in [0.05, 0.1) is 0 Å². The van der Waals surface area contributed by atoms with E-state index in [9.17, 15) is 13.2 Å². The first kappa shape index (κ1) is 13.0. The lowest BCUT2D eigenvalue weighted by Crippen LogP contribution is -2.16. The van der Waals surface area contributed by atoms with E-state index in [-0.39, 0.29) is 5.75 Å². The van der Waals surface area contributed by atoms with Gasteiger partial charge in [-0.25, -0.2) is 4.98 Å². The summed E-state index contributed by atoms with van der Waals surface area (Å²) in [7, 11) is 0. The molecule has 1 heterocycles. The molecule has 0 unspecified atom stereocenters. The molecule has 0 saturated carbocycles. The van der Waals surface area contributed by atoms with Crippen LogP contribution in [0.3, 0.4) is 0 Å². The molecular formula is C10H6ClF3N2OS. The SMILES string of the molecule is Nc1nc(-c2ccc(OC(F)(F)F)cc2)c(Cl)s1. The van der Waals surface area contributed by atoms with E-state index < -0.39 is 6.36 Å². The second-order valence-corrected chi connectivity index (χ2v) is 4.88. The van der Waals surface area contributed by atoms with Gasteiger partial charge in [0.25, 0.3) is 0 Å². The first-order chi connectivity index (χ1) is 8.35. The quantitative estimate of drug-likeness (QED) is 0.912. The van der Waals surface area contributed by atoms with E-state index in [2.05, 4.69) is 9.72 Å². The summed E-state index contributed by atoms with van der Waals surface area (Å²) < 4.78 is 40.0. The van der Waals surface area contributed by atoms with Crippen LogP contribution in [0.1, 0.15) is 0 Å². The number of halogens is 4. The van der Waals surface area contributed by atoms with Gasteiger partial charge in [-0.2, -0.15) is 0 Å². The van der Waals surface area contributed by atoms with E-state index in [1.54, 1.807) is 0 Å². The molecule has 1 aromatic heterocycles. The number of nitrogens with two attached hydrogens (primary N) is 1. The van der Waals surface area contributed by atoms with E-state index in [1.165, 1.54) is 24.3 Å². The summed E-state index contributed by atoms with van der Waals surface area (Å²) in [6, 6.07) is 5.24. The predicted molar refractivity (Wildman–Crippen MR) is 63.7 cm³/mol. The number of hydrogen-bond acceptors (Lipinski definition) is 4. The van der Waals surface area contributed by atoms with E-state index >= 15 is 0 Å². The van der Waals surface area contributed by atoms with Crippen LogP contribution >= 0.6 is 22.9 Å². The number of thiazole rings is 1. The molecule has 0 aliphatic heterocycles. The van der Waals surface area contributed by atoms with Gasteiger partial charge in [-0.3, -0.25) is 0 Å². The molecule has 0 bridgehead atoms. The van der Waals surface area contributed by atoms with Gasteiger partial charge in [0, 0.05) is 5.56 Å². The fourth-order valence-electron chi connectivity index (χ4n) is 1.31. The van der Waals surface area contributed by atoms with Crippen LogP contribution in [0.4, 0.5) is 18.3 Å². The van der Waals surface area contributed by atoms with Gasteiger partial charge in [-0.1, -0.05) is 22.9 Å². The molecule has 0 amide bonds. The lowest BCUT2D eigenvalue weighted by molar-refractivity contribution is -0.274. The first-order valence-corrected chi connectivity index (χ1v) is 5.82. The van der Waals surface area contributed by atoms with Crippen molar-refractivity contribution in [2.24, 2.45) is 0 Å². The Balaban J connectivity index is 2.25. The molecule has 0 aliphatic rings. The van der Waals surface area contributed by atoms with E-state index in [0.29, 0.717) is 20.7 Å². The summed E-state index contributed by atoms with van der Waals surface area (Å²) in [6.45, 7) is 0. The highest BCUT2D eigenvalue weighted by Gasteiger charge is 2.31. The zero-order chi connectivity index (χ0) is 13.3. The Bertz CT molecular complexity index is 553. The number of aromatic nitrogens is 1. The predicted octanol–water partition coefficient (Wildman–Crippen LogP) is 3.94. The molecule has 1 aromatic carbocycles. The van der Waals surface area contributed by atoms with Crippen LogP contribution < -0.4 is 10.5 Å². The van der Waals surface area contributed by atoms with Crippen molar-refractivity contribution < 1.29 is 17.9 Å². The normalized spacial score (nSPS) is 11.6. The maximum absolute atomic E-state index is 12.0. The smallest absolute Gasteiger partial charge is 0.406 e. The Hall–Kier alpha value is -1.47. The van der Waals surface area contributed by atoms with Crippen LogP contribution in [0.15, 0.2) is 24.3 Å². The van der Waals surface area contributed by atoms with Crippen molar-refractivity contribution in [1.82, 2.24) is 4.98 Å². The first-order valence-electron chi connectivity index (χ1n) is 4.63. The van der Waals surface area contributed by atoms with Crippen LogP contribution in [0.5, 0.6) is 5.75 Å². The van der Waals surface area contributed by atoms with Gasteiger partial charge < -0.3 is 10.5 Å². The Morgan fingerprint density at radius 3 is 2.28 bits per heavy atom. The third kappa shape index (κ3) is 3.05. The van der Waals surface area contributed by atoms with E-state index in [4.69, 9.17) is 17.3 Å². The minimum Gasteiger partial charge on any atom is -0.406 e. The molecule has 2 N–H and O–H groups in total. The highest BCUT2D eigenvalue weighted by molar-refractivity contribution is 7.19. The van der Waals surface area contributed by atoms with Crippen LogP contribution in [0, 0.1) is 0 Å². The summed E-state index contributed by atoms with van der Waals surface area (Å²) in [5.41, 5.74) is 6.49. The van der Waals surface area contributed by atoms with Gasteiger partial charge in [0.1, 0.15) is 15.8 Å².